The van der Waals surface area contributed by atoms with Gasteiger partial charge in [-0.2, -0.15) is 0 Å². The van der Waals surface area contributed by atoms with Crippen molar-refractivity contribution < 1.29 is 14.7 Å². The maximum absolute atomic E-state index is 11.5. The lowest BCUT2D eigenvalue weighted by Crippen LogP contribution is -2.28. The summed E-state index contributed by atoms with van der Waals surface area (Å²) >= 11 is 0. The summed E-state index contributed by atoms with van der Waals surface area (Å²) in [6.07, 6.45) is 1.33. The van der Waals surface area contributed by atoms with Crippen molar-refractivity contribution in [1.29, 1.82) is 0 Å². The summed E-state index contributed by atoms with van der Waals surface area (Å²) in [6.45, 7) is 0.111. The number of aromatic nitrogens is 2. The Hall–Kier alpha value is -2.70. The molecule has 20 heavy (non-hydrogen) atoms. The summed E-state index contributed by atoms with van der Waals surface area (Å²) in [4.78, 5) is 32.0. The van der Waals surface area contributed by atoms with Crippen LogP contribution in [0.4, 0.5) is 5.82 Å². The lowest BCUT2D eigenvalue weighted by molar-refractivity contribution is -0.126. The molecule has 1 heterocycles. The second kappa shape index (κ2) is 5.52. The number of anilines is 1. The van der Waals surface area contributed by atoms with E-state index in [-0.39, 0.29) is 18.0 Å². The van der Waals surface area contributed by atoms with Crippen LogP contribution >= 0.6 is 0 Å². The van der Waals surface area contributed by atoms with Crippen molar-refractivity contribution >= 4 is 28.6 Å². The molecule has 0 aliphatic carbocycles. The molecule has 0 atom stereocenters. The fourth-order valence-corrected chi connectivity index (χ4v) is 1.65. The number of rotatable bonds is 4. The van der Waals surface area contributed by atoms with Crippen LogP contribution in [0.1, 0.15) is 10.4 Å². The molecular weight excluding hydrogens is 260 g/mol. The van der Waals surface area contributed by atoms with Crippen molar-refractivity contribution in [3.05, 3.63) is 30.1 Å². The van der Waals surface area contributed by atoms with Crippen LogP contribution in [0.25, 0.3) is 10.9 Å². The number of hydrogen-bond acceptors (Lipinski definition) is 5. The SMILES string of the molecule is CN(C)C(=O)CNc1ncnc2cc(C(=O)O)ccc12. The number of hydrogen-bond donors (Lipinski definition) is 2. The molecule has 0 spiro atoms. The van der Waals surface area contributed by atoms with Crippen LogP contribution in [0.15, 0.2) is 24.5 Å². The van der Waals surface area contributed by atoms with Crippen molar-refractivity contribution in [1.82, 2.24) is 14.9 Å². The van der Waals surface area contributed by atoms with Gasteiger partial charge in [-0.15, -0.1) is 0 Å². The van der Waals surface area contributed by atoms with E-state index in [9.17, 15) is 9.59 Å². The number of carboxylic acids is 1. The van der Waals surface area contributed by atoms with Gasteiger partial charge in [0, 0.05) is 19.5 Å². The highest BCUT2D eigenvalue weighted by atomic mass is 16.4. The van der Waals surface area contributed by atoms with Crippen LogP contribution in [0.5, 0.6) is 0 Å². The van der Waals surface area contributed by atoms with Gasteiger partial charge in [0.25, 0.3) is 0 Å². The minimum absolute atomic E-state index is 0.0843. The second-order valence-electron chi connectivity index (χ2n) is 4.40. The van der Waals surface area contributed by atoms with E-state index in [4.69, 9.17) is 5.11 Å². The number of nitrogens with zero attached hydrogens (tertiary/aromatic N) is 3. The number of amides is 1. The Morgan fingerprint density at radius 2 is 2.05 bits per heavy atom. The zero-order chi connectivity index (χ0) is 14.7. The van der Waals surface area contributed by atoms with Gasteiger partial charge in [-0.05, 0) is 18.2 Å². The molecule has 0 fully saturated rings. The first-order valence-corrected chi connectivity index (χ1v) is 5.91. The maximum Gasteiger partial charge on any atom is 0.335 e. The van der Waals surface area contributed by atoms with Gasteiger partial charge in [-0.1, -0.05) is 0 Å². The number of fused-ring (bicyclic) bond motifs is 1. The third kappa shape index (κ3) is 2.82. The molecule has 1 aromatic heterocycles. The van der Waals surface area contributed by atoms with E-state index in [1.807, 2.05) is 0 Å². The average molecular weight is 274 g/mol. The molecule has 2 rings (SSSR count). The van der Waals surface area contributed by atoms with E-state index in [1.54, 1.807) is 20.2 Å². The van der Waals surface area contributed by atoms with Crippen molar-refractivity contribution in [2.45, 2.75) is 0 Å². The Morgan fingerprint density at radius 3 is 2.70 bits per heavy atom. The van der Waals surface area contributed by atoms with Crippen LogP contribution in [0.2, 0.25) is 0 Å². The van der Waals surface area contributed by atoms with E-state index in [0.717, 1.165) is 0 Å². The molecule has 0 saturated heterocycles. The molecule has 0 aliphatic heterocycles. The predicted octanol–water partition coefficient (Wildman–Crippen LogP) is 0.828. The van der Waals surface area contributed by atoms with Gasteiger partial charge in [-0.3, -0.25) is 4.79 Å². The lowest BCUT2D eigenvalue weighted by Gasteiger charge is -2.12. The third-order valence-corrected chi connectivity index (χ3v) is 2.79. The van der Waals surface area contributed by atoms with Gasteiger partial charge in [-0.25, -0.2) is 14.8 Å². The summed E-state index contributed by atoms with van der Waals surface area (Å²) in [6, 6.07) is 4.58. The highest BCUT2D eigenvalue weighted by molar-refractivity contribution is 5.96. The van der Waals surface area contributed by atoms with Gasteiger partial charge in [0.15, 0.2) is 0 Å². The maximum atomic E-state index is 11.5. The van der Waals surface area contributed by atoms with E-state index < -0.39 is 5.97 Å². The first-order valence-electron chi connectivity index (χ1n) is 5.91. The molecule has 0 unspecified atom stereocenters. The molecule has 2 aromatic rings. The number of carbonyl (C=O) groups excluding carboxylic acids is 1. The predicted molar refractivity (Wildman–Crippen MR) is 73.7 cm³/mol. The van der Waals surface area contributed by atoms with Crippen molar-refractivity contribution in [3.63, 3.8) is 0 Å². The third-order valence-electron chi connectivity index (χ3n) is 2.79. The number of nitrogens with one attached hydrogen (secondary N) is 1. The molecular formula is C13H14N4O3. The molecule has 0 aliphatic rings. The molecule has 1 aromatic carbocycles. The Kier molecular flexibility index (Phi) is 3.79. The van der Waals surface area contributed by atoms with Gasteiger partial charge >= 0.3 is 5.97 Å². The quantitative estimate of drug-likeness (QED) is 0.857. The smallest absolute Gasteiger partial charge is 0.335 e. The number of carbonyl (C=O) groups is 2. The highest BCUT2D eigenvalue weighted by Crippen LogP contribution is 2.20. The minimum atomic E-state index is -1.01. The zero-order valence-corrected chi connectivity index (χ0v) is 11.1. The van der Waals surface area contributed by atoms with Gasteiger partial charge in [0.1, 0.15) is 12.1 Å². The number of benzene rings is 1. The zero-order valence-electron chi connectivity index (χ0n) is 11.1. The van der Waals surface area contributed by atoms with Crippen LogP contribution < -0.4 is 5.32 Å². The fraction of sp³-hybridized carbons (Fsp3) is 0.231. The largest absolute Gasteiger partial charge is 0.478 e. The van der Waals surface area contributed by atoms with E-state index >= 15 is 0 Å². The monoisotopic (exact) mass is 274 g/mol. The standard InChI is InChI=1S/C13H14N4O3/c1-17(2)11(18)6-14-12-9-4-3-8(13(19)20)5-10(9)15-7-16-12/h3-5,7H,6H2,1-2H3,(H,19,20)(H,14,15,16). The van der Waals surface area contributed by atoms with Crippen LogP contribution in [-0.2, 0) is 4.79 Å². The number of carboxylic acid groups (broad SMARTS) is 1. The summed E-state index contributed by atoms with van der Waals surface area (Å²) < 4.78 is 0. The Bertz CT molecular complexity index is 670. The lowest BCUT2D eigenvalue weighted by atomic mass is 10.1. The molecule has 2 N–H and O–H groups in total. The average Bonchev–Trinajstić information content (AvgIpc) is 2.43. The van der Waals surface area contributed by atoms with Gasteiger partial charge in [0.05, 0.1) is 17.6 Å². The minimum Gasteiger partial charge on any atom is -0.478 e. The Morgan fingerprint density at radius 1 is 1.30 bits per heavy atom. The van der Waals surface area contributed by atoms with Crippen molar-refractivity contribution in [3.8, 4) is 0 Å². The highest BCUT2D eigenvalue weighted by Gasteiger charge is 2.09. The molecule has 0 bridgehead atoms. The van der Waals surface area contributed by atoms with Crippen LogP contribution in [0.3, 0.4) is 0 Å². The number of likely N-dealkylation sites (N-methyl/N-ethyl adjacent to an activating group) is 1. The van der Waals surface area contributed by atoms with Crippen LogP contribution in [0, 0.1) is 0 Å². The van der Waals surface area contributed by atoms with Gasteiger partial charge in [0.2, 0.25) is 5.91 Å². The van der Waals surface area contributed by atoms with Crippen molar-refractivity contribution in [2.75, 3.05) is 26.0 Å². The summed E-state index contributed by atoms with van der Waals surface area (Å²) in [5.41, 5.74) is 0.672. The fourth-order valence-electron chi connectivity index (χ4n) is 1.65. The van der Waals surface area contributed by atoms with E-state index in [1.165, 1.54) is 23.4 Å². The Labute approximate surface area is 115 Å². The Balaban J connectivity index is 2.30. The van der Waals surface area contributed by atoms with Gasteiger partial charge < -0.3 is 15.3 Å². The molecule has 1 amide bonds. The molecule has 7 heteroatoms. The summed E-state index contributed by atoms with van der Waals surface area (Å²) in [7, 11) is 3.34. The molecule has 7 nitrogen and oxygen atoms in total. The van der Waals surface area contributed by atoms with Crippen LogP contribution in [-0.4, -0.2) is 52.5 Å². The molecule has 0 radical (unpaired) electrons. The second-order valence-corrected chi connectivity index (χ2v) is 4.40. The molecule has 104 valence electrons. The van der Waals surface area contributed by atoms with E-state index in [2.05, 4.69) is 15.3 Å². The normalized spacial score (nSPS) is 10.3. The first kappa shape index (κ1) is 13.7. The topological polar surface area (TPSA) is 95.4 Å². The van der Waals surface area contributed by atoms with E-state index in [0.29, 0.717) is 16.7 Å². The summed E-state index contributed by atoms with van der Waals surface area (Å²) in [5.74, 6) is -0.594. The summed E-state index contributed by atoms with van der Waals surface area (Å²) in [5, 5.41) is 12.5. The van der Waals surface area contributed by atoms with Crippen molar-refractivity contribution in [2.24, 2.45) is 0 Å². The molecule has 0 saturated carbocycles. The number of aromatic carboxylic acids is 1. The first-order chi connectivity index (χ1) is 9.49.